The Morgan fingerprint density at radius 3 is 2.86 bits per heavy atom. The third kappa shape index (κ3) is 5.16. The largest absolute Gasteiger partial charge is 0.496 e. The van der Waals surface area contributed by atoms with Gasteiger partial charge in [0.25, 0.3) is 5.91 Å². The van der Waals surface area contributed by atoms with E-state index in [1.54, 1.807) is 24.9 Å². The predicted octanol–water partition coefficient (Wildman–Crippen LogP) is 3.24. The van der Waals surface area contributed by atoms with Gasteiger partial charge in [0.05, 0.1) is 7.11 Å². The van der Waals surface area contributed by atoms with Gasteiger partial charge in [-0.2, -0.15) is 5.26 Å². The summed E-state index contributed by atoms with van der Waals surface area (Å²) in [6, 6.07) is 7.55. The molecular weight excluding hydrogens is 284 g/mol. The highest BCUT2D eigenvalue weighted by molar-refractivity contribution is 7.98. The Labute approximate surface area is 130 Å². The Bertz CT molecular complexity index is 562. The first-order valence-electron chi connectivity index (χ1n) is 6.78. The van der Waals surface area contributed by atoms with Crippen molar-refractivity contribution in [3.63, 3.8) is 0 Å². The van der Waals surface area contributed by atoms with Crippen molar-refractivity contribution >= 4 is 23.7 Å². The Morgan fingerprint density at radius 2 is 2.29 bits per heavy atom. The fourth-order valence-corrected chi connectivity index (χ4v) is 2.28. The van der Waals surface area contributed by atoms with Crippen molar-refractivity contribution < 1.29 is 9.53 Å². The highest BCUT2D eigenvalue weighted by Crippen LogP contribution is 2.29. The molecule has 0 aliphatic rings. The topological polar surface area (TPSA) is 62.1 Å². The second-order valence-electron chi connectivity index (χ2n) is 4.39. The second-order valence-corrected chi connectivity index (χ2v) is 5.24. The summed E-state index contributed by atoms with van der Waals surface area (Å²) in [6.07, 6.45) is 5.45. The quantitative estimate of drug-likeness (QED) is 0.363. The number of rotatable bonds is 7. The number of carbonyl (C=O) groups excluding carboxylic acids is 1. The molecule has 1 N–H and O–H groups in total. The number of benzene rings is 1. The lowest BCUT2D eigenvalue weighted by atomic mass is 10.1. The smallest absolute Gasteiger partial charge is 0.261 e. The van der Waals surface area contributed by atoms with Crippen LogP contribution in [0, 0.1) is 11.3 Å². The fraction of sp³-hybridized carbons (Fsp3) is 0.375. The van der Waals surface area contributed by atoms with Gasteiger partial charge in [0.15, 0.2) is 0 Å². The molecule has 1 aromatic rings. The zero-order valence-corrected chi connectivity index (χ0v) is 13.4. The molecule has 0 saturated heterocycles. The van der Waals surface area contributed by atoms with E-state index >= 15 is 0 Å². The van der Waals surface area contributed by atoms with E-state index in [2.05, 4.69) is 5.32 Å². The molecule has 0 bridgehead atoms. The van der Waals surface area contributed by atoms with E-state index in [4.69, 9.17) is 10.00 Å². The van der Waals surface area contributed by atoms with Crippen molar-refractivity contribution in [2.24, 2.45) is 0 Å². The van der Waals surface area contributed by atoms with Crippen LogP contribution in [0.15, 0.2) is 28.7 Å². The molecule has 21 heavy (non-hydrogen) atoms. The maximum Gasteiger partial charge on any atom is 0.261 e. The third-order valence-electron chi connectivity index (χ3n) is 2.90. The van der Waals surface area contributed by atoms with Gasteiger partial charge >= 0.3 is 0 Å². The zero-order chi connectivity index (χ0) is 15.7. The summed E-state index contributed by atoms with van der Waals surface area (Å²) in [4.78, 5) is 12.9. The summed E-state index contributed by atoms with van der Waals surface area (Å²) in [5, 5.41) is 11.9. The molecule has 0 aliphatic heterocycles. The lowest BCUT2D eigenvalue weighted by Crippen LogP contribution is -2.25. The third-order valence-corrected chi connectivity index (χ3v) is 3.68. The molecule has 0 saturated carbocycles. The molecule has 4 nitrogen and oxygen atoms in total. The molecule has 0 unspecified atom stereocenters. The van der Waals surface area contributed by atoms with Crippen LogP contribution in [0.1, 0.15) is 25.3 Å². The predicted molar refractivity (Wildman–Crippen MR) is 86.3 cm³/mol. The average Bonchev–Trinajstić information content (AvgIpc) is 2.52. The first-order valence-corrected chi connectivity index (χ1v) is 8.00. The van der Waals surface area contributed by atoms with Gasteiger partial charge < -0.3 is 10.1 Å². The van der Waals surface area contributed by atoms with Gasteiger partial charge in [-0.25, -0.2) is 0 Å². The molecule has 1 amide bonds. The fourth-order valence-electron chi connectivity index (χ4n) is 1.73. The molecule has 1 rings (SSSR count). The van der Waals surface area contributed by atoms with E-state index in [0.29, 0.717) is 6.54 Å². The number of nitrogens with zero attached hydrogens (tertiary/aromatic N) is 1. The van der Waals surface area contributed by atoms with Crippen LogP contribution < -0.4 is 10.1 Å². The van der Waals surface area contributed by atoms with E-state index in [0.717, 1.165) is 29.1 Å². The van der Waals surface area contributed by atoms with Crippen molar-refractivity contribution in [2.75, 3.05) is 19.9 Å². The SMILES string of the molecule is CCCCNC(=O)/C(C#N)=C\c1ccc(SC)c(OC)c1. The van der Waals surface area contributed by atoms with E-state index < -0.39 is 0 Å². The molecule has 0 spiro atoms. The number of carbonyl (C=O) groups is 1. The van der Waals surface area contributed by atoms with Crippen molar-refractivity contribution in [2.45, 2.75) is 24.7 Å². The summed E-state index contributed by atoms with van der Waals surface area (Å²) >= 11 is 1.58. The lowest BCUT2D eigenvalue weighted by molar-refractivity contribution is -0.117. The Balaban J connectivity index is 2.93. The number of methoxy groups -OCH3 is 1. The number of amides is 1. The number of unbranched alkanes of at least 4 members (excludes halogenated alkanes) is 1. The van der Waals surface area contributed by atoms with Crippen LogP contribution in [0.3, 0.4) is 0 Å². The highest BCUT2D eigenvalue weighted by Gasteiger charge is 2.09. The van der Waals surface area contributed by atoms with Crippen LogP contribution in [0.4, 0.5) is 0 Å². The summed E-state index contributed by atoms with van der Waals surface area (Å²) in [5.41, 5.74) is 0.872. The van der Waals surface area contributed by atoms with E-state index in [1.165, 1.54) is 0 Å². The molecule has 0 aromatic heterocycles. The van der Waals surface area contributed by atoms with Crippen LogP contribution in [0.25, 0.3) is 6.08 Å². The molecule has 0 atom stereocenters. The van der Waals surface area contributed by atoms with E-state index in [1.807, 2.05) is 37.4 Å². The first-order chi connectivity index (χ1) is 10.2. The van der Waals surface area contributed by atoms with Crippen LogP contribution in [0.5, 0.6) is 5.75 Å². The van der Waals surface area contributed by atoms with Crippen molar-refractivity contribution in [3.8, 4) is 11.8 Å². The number of hydrogen-bond donors (Lipinski definition) is 1. The second kappa shape index (κ2) is 9.09. The summed E-state index contributed by atoms with van der Waals surface area (Å²) in [5.74, 6) is 0.402. The molecule has 1 aromatic carbocycles. The minimum atomic E-state index is -0.334. The van der Waals surface area contributed by atoms with Crippen molar-refractivity contribution in [3.05, 3.63) is 29.3 Å². The Hall–Kier alpha value is -1.93. The Kier molecular flexibility index (Phi) is 7.41. The molecule has 0 aliphatic carbocycles. The highest BCUT2D eigenvalue weighted by atomic mass is 32.2. The monoisotopic (exact) mass is 304 g/mol. The van der Waals surface area contributed by atoms with Gasteiger partial charge in [-0.1, -0.05) is 19.4 Å². The lowest BCUT2D eigenvalue weighted by Gasteiger charge is -2.07. The number of nitriles is 1. The maximum atomic E-state index is 11.9. The van der Waals surface area contributed by atoms with Gasteiger partial charge in [-0.05, 0) is 36.4 Å². The van der Waals surface area contributed by atoms with Crippen LogP contribution in [0.2, 0.25) is 0 Å². The van der Waals surface area contributed by atoms with E-state index in [9.17, 15) is 4.79 Å². The number of ether oxygens (including phenoxy) is 1. The minimum Gasteiger partial charge on any atom is -0.496 e. The van der Waals surface area contributed by atoms with Crippen LogP contribution >= 0.6 is 11.8 Å². The molecule has 112 valence electrons. The first kappa shape index (κ1) is 17.1. The standard InChI is InChI=1S/C16H20N2O2S/c1-4-5-8-18-16(19)13(11-17)9-12-6-7-15(21-3)14(10-12)20-2/h6-7,9-10H,4-5,8H2,1-3H3,(H,18,19)/b13-9-. The molecular formula is C16H20N2O2S. The Morgan fingerprint density at radius 1 is 1.52 bits per heavy atom. The normalized spacial score (nSPS) is 10.9. The minimum absolute atomic E-state index is 0.102. The van der Waals surface area contributed by atoms with Gasteiger partial charge in [0.1, 0.15) is 17.4 Å². The molecule has 5 heteroatoms. The van der Waals surface area contributed by atoms with Crippen LogP contribution in [-0.2, 0) is 4.79 Å². The van der Waals surface area contributed by atoms with Crippen LogP contribution in [-0.4, -0.2) is 25.8 Å². The molecule has 0 heterocycles. The van der Waals surface area contributed by atoms with Crippen molar-refractivity contribution in [1.82, 2.24) is 5.32 Å². The summed E-state index contributed by atoms with van der Waals surface area (Å²) in [7, 11) is 1.60. The van der Waals surface area contributed by atoms with Crippen molar-refractivity contribution in [1.29, 1.82) is 5.26 Å². The summed E-state index contributed by atoms with van der Waals surface area (Å²) < 4.78 is 5.30. The maximum absolute atomic E-state index is 11.9. The van der Waals surface area contributed by atoms with Gasteiger partial charge in [-0.3, -0.25) is 4.79 Å². The van der Waals surface area contributed by atoms with E-state index in [-0.39, 0.29) is 11.5 Å². The molecule has 0 fully saturated rings. The van der Waals surface area contributed by atoms with Gasteiger partial charge in [0, 0.05) is 11.4 Å². The molecule has 0 radical (unpaired) electrons. The zero-order valence-electron chi connectivity index (χ0n) is 12.6. The number of hydrogen-bond acceptors (Lipinski definition) is 4. The van der Waals surface area contributed by atoms with Gasteiger partial charge in [0.2, 0.25) is 0 Å². The van der Waals surface area contributed by atoms with Gasteiger partial charge in [-0.15, -0.1) is 11.8 Å². The average molecular weight is 304 g/mol. The summed E-state index contributed by atoms with van der Waals surface area (Å²) in [6.45, 7) is 2.63. The number of thioether (sulfide) groups is 1. The number of nitrogens with one attached hydrogen (secondary N) is 1.